The summed E-state index contributed by atoms with van der Waals surface area (Å²) in [6, 6.07) is 18.2. The third-order valence-electron chi connectivity index (χ3n) is 3.25. The topological polar surface area (TPSA) is 55.1 Å². The quantitative estimate of drug-likeness (QED) is 0.745. The standard InChI is InChI=1S/C18H22N2OS.ClH/c1-14(19)11-12-20-18(21)16-9-7-15(8-10-16)13-22-17-5-3-2-4-6-17;/h2-10,14H,11-13,19H2,1H3,(H,20,21);1H. The summed E-state index contributed by atoms with van der Waals surface area (Å²) in [5, 5.41) is 2.88. The predicted molar refractivity (Wildman–Crippen MR) is 100 cm³/mol. The molecule has 0 aliphatic heterocycles. The summed E-state index contributed by atoms with van der Waals surface area (Å²) in [6.45, 7) is 2.55. The maximum absolute atomic E-state index is 12.0. The smallest absolute Gasteiger partial charge is 0.251 e. The molecule has 1 unspecified atom stereocenters. The van der Waals surface area contributed by atoms with E-state index in [1.54, 1.807) is 11.8 Å². The highest BCUT2D eigenvalue weighted by Gasteiger charge is 2.05. The van der Waals surface area contributed by atoms with Gasteiger partial charge in [0.15, 0.2) is 0 Å². The highest BCUT2D eigenvalue weighted by Crippen LogP contribution is 2.22. The number of carbonyl (C=O) groups is 1. The van der Waals surface area contributed by atoms with E-state index in [9.17, 15) is 4.79 Å². The van der Waals surface area contributed by atoms with Crippen LogP contribution in [0.3, 0.4) is 0 Å². The van der Waals surface area contributed by atoms with Gasteiger partial charge in [-0.05, 0) is 43.2 Å². The van der Waals surface area contributed by atoms with E-state index in [2.05, 4.69) is 17.4 Å². The summed E-state index contributed by atoms with van der Waals surface area (Å²) in [7, 11) is 0. The van der Waals surface area contributed by atoms with Crippen LogP contribution in [-0.4, -0.2) is 18.5 Å². The monoisotopic (exact) mass is 350 g/mol. The zero-order chi connectivity index (χ0) is 15.8. The summed E-state index contributed by atoms with van der Waals surface area (Å²) >= 11 is 1.79. The van der Waals surface area contributed by atoms with Crippen LogP contribution in [0.5, 0.6) is 0 Å². The molecule has 0 radical (unpaired) electrons. The van der Waals surface area contributed by atoms with Crippen molar-refractivity contribution in [2.45, 2.75) is 30.0 Å². The molecule has 0 fully saturated rings. The molecule has 0 bridgehead atoms. The summed E-state index contributed by atoms with van der Waals surface area (Å²) in [6.07, 6.45) is 0.789. The molecule has 0 heterocycles. The van der Waals surface area contributed by atoms with Crippen molar-refractivity contribution < 1.29 is 4.79 Å². The normalized spacial score (nSPS) is 11.4. The second-order valence-corrected chi connectivity index (χ2v) is 6.37. The minimum atomic E-state index is -0.0390. The lowest BCUT2D eigenvalue weighted by Gasteiger charge is -2.08. The summed E-state index contributed by atoms with van der Waals surface area (Å²) in [5.74, 6) is 0.860. The molecule has 0 saturated heterocycles. The summed E-state index contributed by atoms with van der Waals surface area (Å²) in [5.41, 5.74) is 7.57. The van der Waals surface area contributed by atoms with E-state index in [0.717, 1.165) is 12.2 Å². The fraction of sp³-hybridized carbons (Fsp3) is 0.278. The lowest BCUT2D eigenvalue weighted by molar-refractivity contribution is 0.0953. The van der Waals surface area contributed by atoms with E-state index in [1.165, 1.54) is 10.5 Å². The highest BCUT2D eigenvalue weighted by atomic mass is 35.5. The van der Waals surface area contributed by atoms with Gasteiger partial charge in [0.1, 0.15) is 0 Å². The van der Waals surface area contributed by atoms with Gasteiger partial charge in [0, 0.05) is 28.8 Å². The Labute approximate surface area is 148 Å². The van der Waals surface area contributed by atoms with Crippen LogP contribution >= 0.6 is 24.2 Å². The molecule has 0 aliphatic rings. The maximum Gasteiger partial charge on any atom is 0.251 e. The molecule has 3 N–H and O–H groups in total. The molecule has 0 aromatic heterocycles. The SMILES string of the molecule is CC(N)CCNC(=O)c1ccc(CSc2ccccc2)cc1.Cl. The number of rotatable bonds is 7. The van der Waals surface area contributed by atoms with E-state index in [0.29, 0.717) is 12.1 Å². The molecule has 1 amide bonds. The molecular weight excluding hydrogens is 328 g/mol. The largest absolute Gasteiger partial charge is 0.352 e. The van der Waals surface area contributed by atoms with Crippen molar-refractivity contribution >= 4 is 30.1 Å². The molecule has 2 rings (SSSR count). The van der Waals surface area contributed by atoms with Crippen molar-refractivity contribution in [2.24, 2.45) is 5.73 Å². The van der Waals surface area contributed by atoms with Crippen molar-refractivity contribution in [1.29, 1.82) is 0 Å². The van der Waals surface area contributed by atoms with E-state index in [-0.39, 0.29) is 24.4 Å². The molecule has 1 atom stereocenters. The van der Waals surface area contributed by atoms with Crippen LogP contribution in [0.1, 0.15) is 29.3 Å². The van der Waals surface area contributed by atoms with Crippen LogP contribution in [0.4, 0.5) is 0 Å². The summed E-state index contributed by atoms with van der Waals surface area (Å²) in [4.78, 5) is 13.2. The Bertz CT molecular complexity index is 588. The number of benzene rings is 2. The molecule has 2 aromatic rings. The van der Waals surface area contributed by atoms with E-state index in [1.807, 2.05) is 49.4 Å². The van der Waals surface area contributed by atoms with Crippen LogP contribution in [0, 0.1) is 0 Å². The Morgan fingerprint density at radius 1 is 1.13 bits per heavy atom. The Kier molecular flexibility index (Phi) is 8.77. The average Bonchev–Trinajstić information content (AvgIpc) is 2.54. The van der Waals surface area contributed by atoms with Crippen molar-refractivity contribution in [2.75, 3.05) is 6.54 Å². The van der Waals surface area contributed by atoms with E-state index >= 15 is 0 Å². The van der Waals surface area contributed by atoms with Crippen LogP contribution in [0.25, 0.3) is 0 Å². The zero-order valence-electron chi connectivity index (χ0n) is 13.2. The van der Waals surface area contributed by atoms with E-state index < -0.39 is 0 Å². The number of thioether (sulfide) groups is 1. The lowest BCUT2D eigenvalue weighted by Crippen LogP contribution is -2.28. The number of halogens is 1. The van der Waals surface area contributed by atoms with Crippen molar-refractivity contribution in [3.8, 4) is 0 Å². The Morgan fingerprint density at radius 2 is 1.78 bits per heavy atom. The molecule has 5 heteroatoms. The van der Waals surface area contributed by atoms with Crippen LogP contribution in [0.15, 0.2) is 59.5 Å². The second kappa shape index (κ2) is 10.3. The first-order valence-electron chi connectivity index (χ1n) is 7.46. The van der Waals surface area contributed by atoms with Crippen molar-refractivity contribution in [3.05, 3.63) is 65.7 Å². The van der Waals surface area contributed by atoms with E-state index in [4.69, 9.17) is 5.73 Å². The molecule has 124 valence electrons. The molecule has 23 heavy (non-hydrogen) atoms. The van der Waals surface area contributed by atoms with Gasteiger partial charge in [0.25, 0.3) is 5.91 Å². The predicted octanol–water partition coefficient (Wildman–Crippen LogP) is 3.87. The highest BCUT2D eigenvalue weighted by molar-refractivity contribution is 7.98. The molecular formula is C18H23ClN2OS. The number of carbonyl (C=O) groups excluding carboxylic acids is 1. The van der Waals surface area contributed by atoms with Gasteiger partial charge < -0.3 is 11.1 Å². The first kappa shape index (κ1) is 19.6. The number of hydrogen-bond acceptors (Lipinski definition) is 3. The molecule has 2 aromatic carbocycles. The fourth-order valence-corrected chi connectivity index (χ4v) is 2.83. The van der Waals surface area contributed by atoms with Gasteiger partial charge in [-0.15, -0.1) is 24.2 Å². The first-order chi connectivity index (χ1) is 10.6. The minimum Gasteiger partial charge on any atom is -0.352 e. The Hall–Kier alpha value is -1.49. The average molecular weight is 351 g/mol. The molecule has 3 nitrogen and oxygen atoms in total. The van der Waals surface area contributed by atoms with Crippen molar-refractivity contribution in [3.63, 3.8) is 0 Å². The second-order valence-electron chi connectivity index (χ2n) is 5.32. The minimum absolute atomic E-state index is 0. The van der Waals surface area contributed by atoms with Crippen LogP contribution in [0.2, 0.25) is 0 Å². The number of amides is 1. The van der Waals surface area contributed by atoms with Gasteiger partial charge in [-0.1, -0.05) is 30.3 Å². The van der Waals surface area contributed by atoms with Gasteiger partial charge in [0.05, 0.1) is 0 Å². The fourth-order valence-electron chi connectivity index (χ4n) is 1.95. The Morgan fingerprint density at radius 3 is 2.39 bits per heavy atom. The molecule has 0 saturated carbocycles. The zero-order valence-corrected chi connectivity index (χ0v) is 14.8. The van der Waals surface area contributed by atoms with Gasteiger partial charge in [-0.25, -0.2) is 0 Å². The van der Waals surface area contributed by atoms with Gasteiger partial charge >= 0.3 is 0 Å². The van der Waals surface area contributed by atoms with Crippen LogP contribution < -0.4 is 11.1 Å². The van der Waals surface area contributed by atoms with Gasteiger partial charge in [0.2, 0.25) is 0 Å². The van der Waals surface area contributed by atoms with Gasteiger partial charge in [-0.3, -0.25) is 4.79 Å². The van der Waals surface area contributed by atoms with Crippen LogP contribution in [-0.2, 0) is 5.75 Å². The Balaban J connectivity index is 0.00000264. The third kappa shape index (κ3) is 7.08. The number of nitrogens with one attached hydrogen (secondary N) is 1. The maximum atomic E-state index is 12.0. The van der Waals surface area contributed by atoms with Crippen molar-refractivity contribution in [1.82, 2.24) is 5.32 Å². The first-order valence-corrected chi connectivity index (χ1v) is 8.44. The van der Waals surface area contributed by atoms with Gasteiger partial charge in [-0.2, -0.15) is 0 Å². The summed E-state index contributed by atoms with van der Waals surface area (Å²) < 4.78 is 0. The molecule has 0 aliphatic carbocycles. The molecule has 0 spiro atoms. The number of hydrogen-bond donors (Lipinski definition) is 2. The number of nitrogens with two attached hydrogens (primary N) is 1. The lowest BCUT2D eigenvalue weighted by atomic mass is 10.1. The third-order valence-corrected chi connectivity index (χ3v) is 4.33.